The molecule has 0 aliphatic rings. The average Bonchev–Trinajstić information content (AvgIpc) is 2.86. The second-order valence-electron chi connectivity index (χ2n) is 7.91. The van der Waals surface area contributed by atoms with Gasteiger partial charge in [0.05, 0.1) is 9.79 Å². The summed E-state index contributed by atoms with van der Waals surface area (Å²) >= 11 is 0. The third-order valence-electron chi connectivity index (χ3n) is 5.38. The van der Waals surface area contributed by atoms with Crippen LogP contribution < -0.4 is 59.1 Å². The molecular weight excluding hydrogens is 542 g/mol. The Morgan fingerprint density at radius 1 is 0.447 bits per heavy atom. The van der Waals surface area contributed by atoms with Gasteiger partial charge in [-0.3, -0.25) is 0 Å². The smallest absolute Gasteiger partial charge is 0.744 e. The van der Waals surface area contributed by atoms with Crippen LogP contribution in [0.25, 0.3) is 35.4 Å². The molecule has 4 aromatic rings. The molecule has 0 saturated heterocycles. The Kier molecular flexibility index (Phi) is 11.9. The minimum absolute atomic E-state index is 0. The van der Waals surface area contributed by atoms with Crippen LogP contribution in [0.4, 0.5) is 0 Å². The van der Waals surface area contributed by atoms with Gasteiger partial charge in [0, 0.05) is 11.1 Å². The number of hydrogen-bond donors (Lipinski definition) is 0. The summed E-state index contributed by atoms with van der Waals surface area (Å²) in [6.07, 6.45) is 6.77. The Hall–Kier alpha value is -1.82. The van der Waals surface area contributed by atoms with Gasteiger partial charge in [-0.05, 0) is 34.4 Å². The van der Waals surface area contributed by atoms with Gasteiger partial charge in [0.15, 0.2) is 0 Å². The van der Waals surface area contributed by atoms with Crippen molar-refractivity contribution in [2.24, 2.45) is 0 Å². The van der Waals surface area contributed by atoms with Crippen molar-refractivity contribution in [1.29, 1.82) is 0 Å². The van der Waals surface area contributed by atoms with E-state index < -0.39 is 30.0 Å². The van der Waals surface area contributed by atoms with E-state index in [1.165, 1.54) is 24.3 Å². The maximum absolute atomic E-state index is 12.1. The summed E-state index contributed by atoms with van der Waals surface area (Å²) in [6.45, 7) is 0. The SMILES string of the molecule is O=S(=O)([O-])c1cc(C=Cc2ccccc2)ccc1-c1ccc(C=Cc2ccccc2)cc1S(=O)(=O)[O-].[Na+].[Na+]. The van der Waals surface area contributed by atoms with Gasteiger partial charge in [-0.15, -0.1) is 0 Å². The molecule has 0 amide bonds. The molecule has 0 aromatic heterocycles. The van der Waals surface area contributed by atoms with Crippen LogP contribution in [0.2, 0.25) is 0 Å². The molecule has 0 unspecified atom stereocenters. The van der Waals surface area contributed by atoms with Crippen LogP contribution in [0.5, 0.6) is 0 Å². The van der Waals surface area contributed by atoms with Crippen LogP contribution in [0.3, 0.4) is 0 Å². The maximum Gasteiger partial charge on any atom is 1.00 e. The van der Waals surface area contributed by atoms with Gasteiger partial charge in [0.25, 0.3) is 0 Å². The zero-order valence-corrected chi connectivity index (χ0v) is 26.4. The van der Waals surface area contributed by atoms with Crippen LogP contribution in [0, 0.1) is 0 Å². The van der Waals surface area contributed by atoms with Crippen molar-refractivity contribution in [3.8, 4) is 11.1 Å². The molecule has 0 atom stereocenters. The summed E-state index contributed by atoms with van der Waals surface area (Å²) in [5.41, 5.74) is 2.26. The first-order chi connectivity index (χ1) is 17.1. The average molecular weight is 563 g/mol. The van der Waals surface area contributed by atoms with Gasteiger partial charge < -0.3 is 9.11 Å². The molecule has 0 aliphatic carbocycles. The molecule has 0 aliphatic heterocycles. The predicted octanol–water partition coefficient (Wildman–Crippen LogP) is -0.489. The third-order valence-corrected chi connectivity index (χ3v) is 7.13. The van der Waals surface area contributed by atoms with Crippen molar-refractivity contribution in [2.75, 3.05) is 0 Å². The van der Waals surface area contributed by atoms with E-state index in [-0.39, 0.29) is 70.2 Å². The van der Waals surface area contributed by atoms with Crippen molar-refractivity contribution in [1.82, 2.24) is 0 Å². The van der Waals surface area contributed by atoms with E-state index in [0.717, 1.165) is 11.1 Å². The first kappa shape index (κ1) is 32.4. The molecule has 4 rings (SSSR count). The van der Waals surface area contributed by atoms with E-state index in [4.69, 9.17) is 0 Å². The first-order valence-electron chi connectivity index (χ1n) is 10.8. The fourth-order valence-corrected chi connectivity index (χ4v) is 5.11. The van der Waals surface area contributed by atoms with Crippen molar-refractivity contribution in [2.45, 2.75) is 9.79 Å². The van der Waals surface area contributed by atoms with E-state index in [9.17, 15) is 25.9 Å². The van der Waals surface area contributed by atoms with Crippen molar-refractivity contribution >= 4 is 44.5 Å². The van der Waals surface area contributed by atoms with E-state index in [2.05, 4.69) is 0 Å². The van der Waals surface area contributed by atoms with Crippen LogP contribution in [0.1, 0.15) is 22.3 Å². The Bertz CT molecular complexity index is 1540. The molecule has 0 bridgehead atoms. The minimum atomic E-state index is -5.00. The molecule has 10 heteroatoms. The quantitative estimate of drug-likeness (QED) is 0.171. The van der Waals surface area contributed by atoms with Crippen molar-refractivity contribution in [3.05, 3.63) is 119 Å². The van der Waals surface area contributed by atoms with Gasteiger partial charge in [-0.2, -0.15) is 0 Å². The predicted molar refractivity (Wildman–Crippen MR) is 139 cm³/mol. The number of benzene rings is 4. The fourth-order valence-electron chi connectivity index (χ4n) is 3.66. The fraction of sp³-hybridized carbons (Fsp3) is 0. The second kappa shape index (κ2) is 14.0. The molecule has 0 heterocycles. The molecule has 182 valence electrons. The molecule has 0 saturated carbocycles. The van der Waals surface area contributed by atoms with Gasteiger partial charge in [0.1, 0.15) is 20.2 Å². The molecular formula is C28H20Na2O6S2. The molecule has 0 fully saturated rings. The summed E-state index contributed by atoms with van der Waals surface area (Å²) < 4.78 is 72.7. The first-order valence-corrected chi connectivity index (χ1v) is 13.6. The summed E-state index contributed by atoms with van der Waals surface area (Å²) in [4.78, 5) is -1.23. The van der Waals surface area contributed by atoms with Gasteiger partial charge in [-0.25, -0.2) is 16.8 Å². The van der Waals surface area contributed by atoms with Gasteiger partial charge in [-0.1, -0.05) is 109 Å². The molecule has 38 heavy (non-hydrogen) atoms. The van der Waals surface area contributed by atoms with Crippen LogP contribution in [0.15, 0.2) is 107 Å². The topological polar surface area (TPSA) is 114 Å². The summed E-state index contributed by atoms with van der Waals surface area (Å²) in [6, 6.07) is 26.6. The van der Waals surface area contributed by atoms with Crippen LogP contribution >= 0.6 is 0 Å². The van der Waals surface area contributed by atoms with Gasteiger partial charge >= 0.3 is 59.1 Å². The monoisotopic (exact) mass is 562 g/mol. The Morgan fingerprint density at radius 2 is 0.763 bits per heavy atom. The van der Waals surface area contributed by atoms with E-state index in [0.29, 0.717) is 11.1 Å². The minimum Gasteiger partial charge on any atom is -0.744 e. The number of rotatable bonds is 7. The van der Waals surface area contributed by atoms with Gasteiger partial charge in [0.2, 0.25) is 0 Å². The molecule has 0 spiro atoms. The molecule has 0 radical (unpaired) electrons. The zero-order valence-electron chi connectivity index (χ0n) is 20.8. The summed E-state index contributed by atoms with van der Waals surface area (Å²) in [7, 11) is -10.0. The molecule has 0 N–H and O–H groups in total. The largest absolute Gasteiger partial charge is 1.00 e. The van der Waals surface area contributed by atoms with Crippen LogP contribution in [-0.2, 0) is 20.2 Å². The van der Waals surface area contributed by atoms with E-state index in [1.54, 1.807) is 36.4 Å². The maximum atomic E-state index is 12.1. The zero-order chi connectivity index (χ0) is 25.8. The normalized spacial score (nSPS) is 11.7. The summed E-state index contributed by atoms with van der Waals surface area (Å²) in [5.74, 6) is 0. The molecule has 4 aromatic carbocycles. The van der Waals surface area contributed by atoms with Crippen molar-refractivity contribution in [3.63, 3.8) is 0 Å². The Labute approximate surface area is 267 Å². The Morgan fingerprint density at radius 3 is 1.08 bits per heavy atom. The van der Waals surface area contributed by atoms with Crippen molar-refractivity contribution < 1.29 is 85.1 Å². The summed E-state index contributed by atoms with van der Waals surface area (Å²) in [5, 5.41) is 0. The molecule has 6 nitrogen and oxygen atoms in total. The Balaban J connectivity index is 0.00000253. The van der Waals surface area contributed by atoms with E-state index >= 15 is 0 Å². The standard InChI is InChI=1S/C28H22O6S2.2Na/c29-35(30,31)27-19-23(13-11-21-7-3-1-4-8-21)15-17-25(27)26-18-16-24(20-28(26)36(32,33)34)14-12-22-9-5-2-6-10-22;;/h1-20H,(H,29,30,31)(H,32,33,34);;/q;2*+1/p-2. The van der Waals surface area contributed by atoms with Crippen LogP contribution in [-0.4, -0.2) is 25.9 Å². The third kappa shape index (κ3) is 8.59. The van der Waals surface area contributed by atoms with E-state index in [1.807, 2.05) is 60.7 Å². The second-order valence-corrected chi connectivity index (χ2v) is 10.6. The number of hydrogen-bond acceptors (Lipinski definition) is 6.